The van der Waals surface area contributed by atoms with Crippen molar-refractivity contribution in [2.45, 2.75) is 33.2 Å². The predicted molar refractivity (Wildman–Crippen MR) is 87.1 cm³/mol. The molecule has 1 aromatic carbocycles. The Labute approximate surface area is 139 Å². The number of Topliss-reactive ketones (excluding diaryl/α,β-unsaturated/α-hetero) is 1. The van der Waals surface area contributed by atoms with Crippen molar-refractivity contribution in [1.29, 1.82) is 0 Å². The number of ketones is 1. The molecule has 112 valence electrons. The summed E-state index contributed by atoms with van der Waals surface area (Å²) < 4.78 is 16.3. The second-order valence-corrected chi connectivity index (χ2v) is 6.25. The molecule has 0 atom stereocenters. The third-order valence-corrected chi connectivity index (χ3v) is 4.79. The number of aryl methyl sites for hydroxylation is 2. The van der Waals surface area contributed by atoms with Gasteiger partial charge in [-0.05, 0) is 63.4 Å². The molecule has 0 saturated heterocycles. The van der Waals surface area contributed by atoms with Gasteiger partial charge in [0, 0.05) is 12.1 Å². The lowest BCUT2D eigenvalue weighted by molar-refractivity contribution is 0.0990. The molecule has 0 N–H and O–H groups in total. The number of aromatic nitrogens is 2. The van der Waals surface area contributed by atoms with Crippen molar-refractivity contribution in [2.24, 2.45) is 0 Å². The van der Waals surface area contributed by atoms with Crippen molar-refractivity contribution in [3.05, 3.63) is 49.9 Å². The highest BCUT2D eigenvalue weighted by atomic mass is 79.9. The lowest BCUT2D eigenvalue weighted by Crippen LogP contribution is -2.10. The van der Waals surface area contributed by atoms with E-state index in [2.05, 4.69) is 37.0 Å². The van der Waals surface area contributed by atoms with Crippen molar-refractivity contribution in [1.82, 2.24) is 9.78 Å². The van der Waals surface area contributed by atoms with E-state index in [4.69, 9.17) is 0 Å². The minimum atomic E-state index is -0.375. The van der Waals surface area contributed by atoms with Crippen LogP contribution in [-0.4, -0.2) is 15.6 Å². The van der Waals surface area contributed by atoms with Crippen molar-refractivity contribution in [3.8, 4) is 0 Å². The lowest BCUT2D eigenvalue weighted by atomic mass is 10.1. The van der Waals surface area contributed by atoms with Crippen LogP contribution in [0, 0.1) is 5.82 Å². The van der Waals surface area contributed by atoms with Crippen molar-refractivity contribution >= 4 is 37.6 Å². The van der Waals surface area contributed by atoms with E-state index in [1.165, 1.54) is 18.2 Å². The van der Waals surface area contributed by atoms with Crippen molar-refractivity contribution in [3.63, 3.8) is 0 Å². The monoisotopic (exact) mass is 416 g/mol. The smallest absolute Gasteiger partial charge is 0.168 e. The van der Waals surface area contributed by atoms with E-state index in [9.17, 15) is 9.18 Å². The van der Waals surface area contributed by atoms with Crippen molar-refractivity contribution in [2.75, 3.05) is 0 Å². The lowest BCUT2D eigenvalue weighted by Gasteiger charge is -2.06. The van der Waals surface area contributed by atoms with Gasteiger partial charge in [0.25, 0.3) is 0 Å². The van der Waals surface area contributed by atoms with Crippen LogP contribution in [0.1, 0.15) is 35.6 Å². The number of hydrogen-bond acceptors (Lipinski definition) is 2. The minimum Gasteiger partial charge on any atom is -0.294 e. The number of benzene rings is 1. The zero-order valence-electron chi connectivity index (χ0n) is 11.8. The number of carbonyl (C=O) groups excluding carboxylic acids is 1. The van der Waals surface area contributed by atoms with E-state index in [1.807, 2.05) is 18.5 Å². The van der Waals surface area contributed by atoms with Gasteiger partial charge < -0.3 is 0 Å². The van der Waals surface area contributed by atoms with E-state index in [1.54, 1.807) is 0 Å². The number of rotatable bonds is 5. The molecule has 0 fully saturated rings. The van der Waals surface area contributed by atoms with E-state index in [0.29, 0.717) is 16.6 Å². The fourth-order valence-corrected chi connectivity index (χ4v) is 3.19. The van der Waals surface area contributed by atoms with Gasteiger partial charge in [0.2, 0.25) is 0 Å². The molecule has 6 heteroatoms. The maximum absolute atomic E-state index is 13.2. The minimum absolute atomic E-state index is 0.0614. The highest BCUT2D eigenvalue weighted by molar-refractivity contribution is 9.10. The summed E-state index contributed by atoms with van der Waals surface area (Å²) in [6.07, 6.45) is 1.04. The first-order valence-corrected chi connectivity index (χ1v) is 8.28. The Morgan fingerprint density at radius 1 is 1.33 bits per heavy atom. The van der Waals surface area contributed by atoms with E-state index in [-0.39, 0.29) is 18.0 Å². The summed E-state index contributed by atoms with van der Waals surface area (Å²) >= 11 is 6.63. The second-order valence-electron chi connectivity index (χ2n) is 4.61. The van der Waals surface area contributed by atoms with Gasteiger partial charge in [-0.25, -0.2) is 4.39 Å². The Kier molecular flexibility index (Phi) is 5.32. The van der Waals surface area contributed by atoms with Gasteiger partial charge in [-0.3, -0.25) is 9.48 Å². The van der Waals surface area contributed by atoms with Crippen LogP contribution in [0.25, 0.3) is 0 Å². The molecule has 0 radical (unpaired) electrons. The molecular weight excluding hydrogens is 403 g/mol. The topological polar surface area (TPSA) is 34.9 Å². The normalized spacial score (nSPS) is 10.9. The number of nitrogens with zero attached hydrogens (tertiary/aromatic N) is 2. The molecule has 0 unspecified atom stereocenters. The molecule has 2 aromatic rings. The second kappa shape index (κ2) is 6.83. The first-order valence-electron chi connectivity index (χ1n) is 6.70. The first-order chi connectivity index (χ1) is 9.97. The third kappa shape index (κ3) is 3.43. The van der Waals surface area contributed by atoms with E-state index in [0.717, 1.165) is 22.3 Å². The predicted octanol–water partition coefficient (Wildman–Crippen LogP) is 4.55. The molecule has 0 saturated carbocycles. The molecule has 0 amide bonds. The highest BCUT2D eigenvalue weighted by Gasteiger charge is 2.18. The van der Waals surface area contributed by atoms with E-state index >= 15 is 0 Å². The van der Waals surface area contributed by atoms with Crippen LogP contribution in [0.4, 0.5) is 4.39 Å². The summed E-state index contributed by atoms with van der Waals surface area (Å²) in [5, 5.41) is 4.47. The Balaban J connectivity index is 2.31. The molecule has 0 aliphatic rings. The fourth-order valence-electron chi connectivity index (χ4n) is 2.11. The van der Waals surface area contributed by atoms with Crippen LogP contribution >= 0.6 is 31.9 Å². The molecule has 1 aromatic heterocycles. The van der Waals surface area contributed by atoms with Gasteiger partial charge in [0.15, 0.2) is 5.78 Å². The van der Waals surface area contributed by atoms with Crippen LogP contribution in [-0.2, 0) is 19.4 Å². The SMILES string of the molecule is CCc1nn(CC)c(CC(=O)c2ccc(F)c(Br)c2)c1Br. The highest BCUT2D eigenvalue weighted by Crippen LogP contribution is 2.24. The first kappa shape index (κ1) is 16.4. The number of hydrogen-bond donors (Lipinski definition) is 0. The standard InChI is InChI=1S/C15H15Br2FN2O/c1-3-12-15(17)13(20(4-2)19-12)8-14(21)9-5-6-11(18)10(16)7-9/h5-7H,3-4,8H2,1-2H3. The Bertz CT molecular complexity index is 683. The number of carbonyl (C=O) groups is 1. The average Bonchev–Trinajstić information content (AvgIpc) is 2.78. The van der Waals surface area contributed by atoms with Gasteiger partial charge in [0.05, 0.1) is 26.8 Å². The zero-order chi connectivity index (χ0) is 15.6. The summed E-state index contributed by atoms with van der Waals surface area (Å²) in [4.78, 5) is 12.4. The van der Waals surface area contributed by atoms with Gasteiger partial charge in [-0.15, -0.1) is 0 Å². The van der Waals surface area contributed by atoms with Gasteiger partial charge >= 0.3 is 0 Å². The molecule has 2 rings (SSSR count). The summed E-state index contributed by atoms with van der Waals surface area (Å²) in [5.41, 5.74) is 2.29. The Morgan fingerprint density at radius 2 is 2.05 bits per heavy atom. The Hall–Kier alpha value is -1.01. The zero-order valence-corrected chi connectivity index (χ0v) is 15.0. The maximum Gasteiger partial charge on any atom is 0.168 e. The van der Waals surface area contributed by atoms with Gasteiger partial charge in [0.1, 0.15) is 5.82 Å². The summed E-state index contributed by atoms with van der Waals surface area (Å²) in [7, 11) is 0. The van der Waals surface area contributed by atoms with Crippen LogP contribution in [0.5, 0.6) is 0 Å². The van der Waals surface area contributed by atoms with Crippen LogP contribution in [0.15, 0.2) is 27.1 Å². The van der Waals surface area contributed by atoms with Crippen LogP contribution < -0.4 is 0 Å². The van der Waals surface area contributed by atoms with E-state index < -0.39 is 0 Å². The van der Waals surface area contributed by atoms with Gasteiger partial charge in [-0.1, -0.05) is 6.92 Å². The molecule has 0 bridgehead atoms. The molecule has 0 aliphatic carbocycles. The average molecular weight is 418 g/mol. The molecule has 3 nitrogen and oxygen atoms in total. The summed E-state index contributed by atoms with van der Waals surface area (Å²) in [5.74, 6) is -0.437. The Morgan fingerprint density at radius 3 is 2.62 bits per heavy atom. The largest absolute Gasteiger partial charge is 0.294 e. The maximum atomic E-state index is 13.2. The van der Waals surface area contributed by atoms with Crippen LogP contribution in [0.3, 0.4) is 0 Å². The fraction of sp³-hybridized carbons (Fsp3) is 0.333. The van der Waals surface area contributed by atoms with Crippen molar-refractivity contribution < 1.29 is 9.18 Å². The van der Waals surface area contributed by atoms with Crippen LogP contribution in [0.2, 0.25) is 0 Å². The molecule has 0 spiro atoms. The van der Waals surface area contributed by atoms with Gasteiger partial charge in [-0.2, -0.15) is 5.10 Å². The third-order valence-electron chi connectivity index (χ3n) is 3.26. The summed E-state index contributed by atoms with van der Waals surface area (Å²) in [6.45, 7) is 4.71. The molecule has 0 aliphatic heterocycles. The molecular formula is C15H15Br2FN2O. The molecule has 1 heterocycles. The number of halogens is 3. The quantitative estimate of drug-likeness (QED) is 0.668. The molecule has 21 heavy (non-hydrogen) atoms. The summed E-state index contributed by atoms with van der Waals surface area (Å²) in [6, 6.07) is 4.31.